The van der Waals surface area contributed by atoms with Gasteiger partial charge in [-0.3, -0.25) is 29.0 Å². The molecule has 394 valence electrons. The minimum atomic E-state index is -4.19. The van der Waals surface area contributed by atoms with Crippen LogP contribution >= 0.6 is 0 Å². The summed E-state index contributed by atoms with van der Waals surface area (Å²) in [5.74, 6) is -3.58. The lowest BCUT2D eigenvalue weighted by atomic mass is 9.75. The number of carboxylic acid groups (broad SMARTS) is 1. The van der Waals surface area contributed by atoms with E-state index >= 15 is 0 Å². The van der Waals surface area contributed by atoms with E-state index < -0.39 is 86.9 Å². The van der Waals surface area contributed by atoms with E-state index in [-0.39, 0.29) is 69.0 Å². The summed E-state index contributed by atoms with van der Waals surface area (Å²) < 4.78 is 36.1. The van der Waals surface area contributed by atoms with Gasteiger partial charge in [-0.1, -0.05) is 37.3 Å². The van der Waals surface area contributed by atoms with Crippen molar-refractivity contribution in [2.75, 3.05) is 19.6 Å². The molecular formula is C52H75N9O10S. The Morgan fingerprint density at radius 1 is 0.917 bits per heavy atom. The second-order valence-electron chi connectivity index (χ2n) is 20.5. The Hall–Kier alpha value is -6.02. The molecule has 2 aromatic carbocycles. The second kappa shape index (κ2) is 23.2. The highest BCUT2D eigenvalue weighted by Crippen LogP contribution is 2.44. The number of hydrogen-bond acceptors (Lipinski definition) is 11. The molecule has 1 aliphatic carbocycles. The fourth-order valence-electron chi connectivity index (χ4n) is 10.5. The van der Waals surface area contributed by atoms with E-state index in [0.29, 0.717) is 73.8 Å². The number of amides is 5. The summed E-state index contributed by atoms with van der Waals surface area (Å²) in [5.41, 5.74) is 15.0. The first kappa shape index (κ1) is 55.3. The number of sulfonamides is 1. The monoisotopic (exact) mass is 1020 g/mol. The lowest BCUT2D eigenvalue weighted by Gasteiger charge is -2.43. The third kappa shape index (κ3) is 12.6. The summed E-state index contributed by atoms with van der Waals surface area (Å²) in [4.78, 5) is 90.1. The number of guanidine groups is 1. The van der Waals surface area contributed by atoms with Gasteiger partial charge in [0.05, 0.1) is 10.9 Å². The Morgan fingerprint density at radius 3 is 2.21 bits per heavy atom. The first-order chi connectivity index (χ1) is 34.0. The van der Waals surface area contributed by atoms with Gasteiger partial charge in [-0.2, -0.15) is 0 Å². The van der Waals surface area contributed by atoms with Gasteiger partial charge in [-0.15, -0.1) is 6.58 Å². The molecule has 1 saturated carbocycles. The Balaban J connectivity index is 1.15. The van der Waals surface area contributed by atoms with E-state index in [2.05, 4.69) is 32.2 Å². The molecule has 0 unspecified atom stereocenters. The normalized spacial score (nSPS) is 20.3. The molecule has 0 radical (unpaired) electrons. The molecule has 5 atom stereocenters. The minimum Gasteiger partial charge on any atom is -0.487 e. The number of aliphatic imine (C=N–C) groups is 1. The molecule has 72 heavy (non-hydrogen) atoms. The van der Waals surface area contributed by atoms with Gasteiger partial charge < -0.3 is 47.1 Å². The number of aliphatic carboxylic acids is 1. The number of aryl methyl sites for hydroxylation is 1. The van der Waals surface area contributed by atoms with Crippen molar-refractivity contribution < 1.29 is 47.0 Å². The molecule has 9 N–H and O–H groups in total. The summed E-state index contributed by atoms with van der Waals surface area (Å²) in [6.07, 6.45) is 7.65. The standard InChI is InChI=1S/C52H75N9O10S/c1-8-10-11-19-37(53)44(62)56-39(29-35-18-12-17-34(9-2)28-35)47(65)60-26-14-21-40(60)45(63)58-52(23-16-24-52)49(68)57-38(46(64)61-27-15-22-41(61)48(66)67)20-13-25-55-50(54)59-72(69,70)43-32(4)31(3)42-36(33(43)5)30-51(6,7)71-42/h8,12,17-18,28,37-41H,1,9-11,13-16,19-27,29-30,53H2,2-7H3,(H,56,62)(H,57,68)(H,58,63)(H,66,67)(H3,54,55,59)/t37-,38-,39-,40-,41-/m0/s1. The average Bonchev–Trinajstić information content (AvgIpc) is 4.09. The number of carbonyl (C=O) groups excluding carboxylic acids is 5. The van der Waals surface area contributed by atoms with Crippen LogP contribution in [0.5, 0.6) is 5.75 Å². The van der Waals surface area contributed by atoms with Crippen LogP contribution in [-0.2, 0) is 58.1 Å². The van der Waals surface area contributed by atoms with Crippen molar-refractivity contribution in [1.82, 2.24) is 30.5 Å². The second-order valence-corrected chi connectivity index (χ2v) is 22.1. The van der Waals surface area contributed by atoms with Gasteiger partial charge in [0.25, 0.3) is 10.0 Å². The van der Waals surface area contributed by atoms with Gasteiger partial charge in [0.15, 0.2) is 0 Å². The van der Waals surface area contributed by atoms with Crippen molar-refractivity contribution in [2.24, 2.45) is 16.5 Å². The van der Waals surface area contributed by atoms with Crippen LogP contribution in [0.4, 0.5) is 0 Å². The Labute approximate surface area is 423 Å². The molecule has 2 aromatic rings. The summed E-state index contributed by atoms with van der Waals surface area (Å²) in [6, 6.07) is 2.59. The number of hydrogen-bond donors (Lipinski definition) is 7. The van der Waals surface area contributed by atoms with Crippen LogP contribution in [0.1, 0.15) is 131 Å². The number of unbranched alkanes of at least 4 members (excludes halogenated alkanes) is 1. The van der Waals surface area contributed by atoms with E-state index in [1.54, 1.807) is 19.9 Å². The molecule has 0 bridgehead atoms. The number of allylic oxidation sites excluding steroid dienone is 1. The topological polar surface area (TPSA) is 285 Å². The largest absolute Gasteiger partial charge is 0.487 e. The SMILES string of the molecule is C=CCCC[C@H](N)C(=O)N[C@@H](Cc1cccc(CC)c1)C(=O)N1CCC[C@H]1C(=O)NC1(C(=O)N[C@@H](CCCN=C(N)NS(=O)(=O)c2c(C)c(C)c3c(c2C)CC(C)(C)O3)C(=O)N2CCC[C@H]2C(=O)O)CCC1. The Bertz CT molecular complexity index is 2560. The fourth-order valence-corrected chi connectivity index (χ4v) is 12.0. The smallest absolute Gasteiger partial charge is 0.326 e. The molecule has 0 aromatic heterocycles. The zero-order valence-electron chi connectivity index (χ0n) is 42.7. The minimum absolute atomic E-state index is 0.0178. The molecule has 3 fully saturated rings. The molecule has 5 amide bonds. The number of rotatable bonds is 22. The maximum Gasteiger partial charge on any atom is 0.326 e. The fraction of sp³-hybridized carbons (Fsp3) is 0.596. The van der Waals surface area contributed by atoms with E-state index in [1.165, 1.54) is 9.80 Å². The van der Waals surface area contributed by atoms with Gasteiger partial charge in [0, 0.05) is 38.0 Å². The number of likely N-dealkylation sites (tertiary alicyclic amines) is 2. The molecule has 2 saturated heterocycles. The number of carboxylic acids is 1. The van der Waals surface area contributed by atoms with Crippen LogP contribution in [0, 0.1) is 20.8 Å². The number of nitrogens with zero attached hydrogens (tertiary/aromatic N) is 3. The van der Waals surface area contributed by atoms with Crippen molar-refractivity contribution in [2.45, 2.75) is 184 Å². The average molecular weight is 1020 g/mol. The van der Waals surface area contributed by atoms with Crippen molar-refractivity contribution >= 4 is 51.5 Å². The van der Waals surface area contributed by atoms with Gasteiger partial charge in [0.2, 0.25) is 35.5 Å². The van der Waals surface area contributed by atoms with E-state index in [4.69, 9.17) is 16.2 Å². The number of ether oxygens (including phenoxy) is 1. The number of fused-ring (bicyclic) bond motifs is 1. The molecular weight excluding hydrogens is 943 g/mol. The van der Waals surface area contributed by atoms with Crippen molar-refractivity contribution in [1.29, 1.82) is 0 Å². The summed E-state index contributed by atoms with van der Waals surface area (Å²) in [7, 11) is -4.19. The number of nitrogens with two attached hydrogens (primary N) is 2. The van der Waals surface area contributed by atoms with Gasteiger partial charge >= 0.3 is 5.97 Å². The highest BCUT2D eigenvalue weighted by atomic mass is 32.2. The van der Waals surface area contributed by atoms with Crippen molar-refractivity contribution in [3.63, 3.8) is 0 Å². The first-order valence-electron chi connectivity index (χ1n) is 25.4. The Morgan fingerprint density at radius 2 is 1.57 bits per heavy atom. The van der Waals surface area contributed by atoms with Crippen LogP contribution in [0.25, 0.3) is 0 Å². The van der Waals surface area contributed by atoms with Crippen molar-refractivity contribution in [3.05, 3.63) is 70.3 Å². The third-order valence-electron chi connectivity index (χ3n) is 14.7. The van der Waals surface area contributed by atoms with Crippen LogP contribution < -0.4 is 36.9 Å². The quantitative estimate of drug-likeness (QED) is 0.0388. The lowest BCUT2D eigenvalue weighted by Crippen LogP contribution is -2.67. The number of nitrogens with one attached hydrogen (secondary N) is 4. The van der Waals surface area contributed by atoms with Gasteiger partial charge in [-0.05, 0) is 146 Å². The van der Waals surface area contributed by atoms with E-state index in [9.17, 15) is 42.3 Å². The molecule has 19 nitrogen and oxygen atoms in total. The van der Waals surface area contributed by atoms with Crippen LogP contribution in [0.15, 0.2) is 46.8 Å². The summed E-state index contributed by atoms with van der Waals surface area (Å²) >= 11 is 0. The molecule has 20 heteroatoms. The summed E-state index contributed by atoms with van der Waals surface area (Å²) in [5, 5.41) is 18.6. The molecule has 3 heterocycles. The van der Waals surface area contributed by atoms with Crippen LogP contribution in [0.3, 0.4) is 0 Å². The lowest BCUT2D eigenvalue weighted by molar-refractivity contribution is -0.150. The van der Waals surface area contributed by atoms with Gasteiger partial charge in [0.1, 0.15) is 41.1 Å². The maximum absolute atomic E-state index is 14.5. The van der Waals surface area contributed by atoms with Crippen LogP contribution in [0.2, 0.25) is 0 Å². The zero-order valence-corrected chi connectivity index (χ0v) is 43.6. The number of benzene rings is 2. The van der Waals surface area contributed by atoms with Crippen molar-refractivity contribution in [3.8, 4) is 5.75 Å². The first-order valence-corrected chi connectivity index (χ1v) is 26.9. The van der Waals surface area contributed by atoms with E-state index in [1.807, 2.05) is 52.0 Å². The molecule has 3 aliphatic heterocycles. The van der Waals surface area contributed by atoms with E-state index in [0.717, 1.165) is 23.1 Å². The predicted octanol–water partition coefficient (Wildman–Crippen LogP) is 3.26. The predicted molar refractivity (Wildman–Crippen MR) is 272 cm³/mol. The highest BCUT2D eigenvalue weighted by Gasteiger charge is 2.50. The van der Waals surface area contributed by atoms with Crippen LogP contribution in [-0.4, -0.2) is 126 Å². The molecule has 0 spiro atoms. The highest BCUT2D eigenvalue weighted by molar-refractivity contribution is 7.90. The zero-order chi connectivity index (χ0) is 52.7. The maximum atomic E-state index is 14.5. The van der Waals surface area contributed by atoms with Gasteiger partial charge in [-0.25, -0.2) is 17.9 Å². The molecule has 6 rings (SSSR count). The third-order valence-corrected chi connectivity index (χ3v) is 16.3. The number of carbonyl (C=O) groups is 6. The summed E-state index contributed by atoms with van der Waals surface area (Å²) in [6.45, 7) is 15.2. The Kier molecular flexibility index (Phi) is 17.8. The molecule has 4 aliphatic rings.